The van der Waals surface area contributed by atoms with Gasteiger partial charge in [0.15, 0.2) is 0 Å². The Hall–Kier alpha value is -0.610. The number of hydrogen-bond donors (Lipinski definition) is 0. The summed E-state index contributed by atoms with van der Waals surface area (Å²) in [7, 11) is 0. The van der Waals surface area contributed by atoms with Crippen molar-refractivity contribution in [3.05, 3.63) is 34.1 Å². The van der Waals surface area contributed by atoms with Gasteiger partial charge in [-0.1, -0.05) is 29.8 Å². The molecule has 2 rings (SSSR count). The maximum atomic E-state index is 12.2. The molecular formula is C13H16BrNOS. The molecule has 1 unspecified atom stereocenters. The summed E-state index contributed by atoms with van der Waals surface area (Å²) in [6, 6.07) is 3.95. The number of pyridine rings is 1. The summed E-state index contributed by atoms with van der Waals surface area (Å²) in [5.41, 5.74) is 0.135. The van der Waals surface area contributed by atoms with Crippen LogP contribution in [0.25, 0.3) is 10.1 Å². The van der Waals surface area contributed by atoms with E-state index in [0.717, 1.165) is 22.0 Å². The van der Waals surface area contributed by atoms with Crippen molar-refractivity contribution in [2.24, 2.45) is 11.8 Å². The Balaban J connectivity index is 2.36. The van der Waals surface area contributed by atoms with Gasteiger partial charge >= 0.3 is 0 Å². The van der Waals surface area contributed by atoms with Crippen molar-refractivity contribution in [2.45, 2.75) is 20.4 Å². The number of fused-ring (bicyclic) bond motifs is 1. The second-order valence-corrected chi connectivity index (χ2v) is 6.23. The zero-order valence-electron chi connectivity index (χ0n) is 10.0. The third kappa shape index (κ3) is 2.63. The molecule has 0 fully saturated rings. The van der Waals surface area contributed by atoms with Crippen LogP contribution in [0, 0.1) is 11.8 Å². The molecule has 0 aliphatic heterocycles. The molecule has 0 saturated carbocycles. The average Bonchev–Trinajstić information content (AvgIpc) is 2.76. The van der Waals surface area contributed by atoms with E-state index in [-0.39, 0.29) is 5.56 Å². The van der Waals surface area contributed by atoms with E-state index in [4.69, 9.17) is 0 Å². The molecule has 92 valence electrons. The lowest BCUT2D eigenvalue weighted by Gasteiger charge is -2.19. The van der Waals surface area contributed by atoms with Crippen LogP contribution in [0.4, 0.5) is 0 Å². The largest absolute Gasteiger partial charge is 0.315 e. The Bertz CT molecular complexity index is 558. The second-order valence-electron chi connectivity index (χ2n) is 4.63. The summed E-state index contributed by atoms with van der Waals surface area (Å²) in [5.74, 6) is 1.06. The molecule has 2 aromatic rings. The van der Waals surface area contributed by atoms with Gasteiger partial charge in [0.2, 0.25) is 0 Å². The third-order valence-electron chi connectivity index (χ3n) is 3.16. The van der Waals surface area contributed by atoms with Crippen molar-refractivity contribution in [1.82, 2.24) is 4.57 Å². The Morgan fingerprint density at radius 2 is 2.18 bits per heavy atom. The normalized spacial score (nSPS) is 13.4. The fraction of sp³-hybridized carbons (Fsp3) is 0.462. The number of aromatic nitrogens is 1. The topological polar surface area (TPSA) is 22.0 Å². The minimum Gasteiger partial charge on any atom is -0.315 e. The summed E-state index contributed by atoms with van der Waals surface area (Å²) in [6.07, 6.45) is 1.92. The number of nitrogens with zero attached hydrogens (tertiary/aromatic N) is 1. The number of thiophene rings is 1. The molecule has 0 N–H and O–H groups in total. The van der Waals surface area contributed by atoms with Crippen LogP contribution in [0.3, 0.4) is 0 Å². The van der Waals surface area contributed by atoms with Crippen LogP contribution in [-0.2, 0) is 6.54 Å². The maximum Gasteiger partial charge on any atom is 0.259 e. The molecule has 0 aromatic carbocycles. The lowest BCUT2D eigenvalue weighted by atomic mass is 9.98. The Morgan fingerprint density at radius 3 is 2.82 bits per heavy atom. The fourth-order valence-electron chi connectivity index (χ4n) is 1.84. The lowest BCUT2D eigenvalue weighted by molar-refractivity contribution is 0.369. The van der Waals surface area contributed by atoms with Crippen molar-refractivity contribution >= 4 is 37.4 Å². The fourth-order valence-corrected chi connectivity index (χ4v) is 3.57. The molecule has 17 heavy (non-hydrogen) atoms. The highest BCUT2D eigenvalue weighted by atomic mass is 79.9. The summed E-state index contributed by atoms with van der Waals surface area (Å²) in [6.45, 7) is 5.17. The molecule has 2 heterocycles. The van der Waals surface area contributed by atoms with Gasteiger partial charge in [-0.25, -0.2) is 0 Å². The van der Waals surface area contributed by atoms with E-state index < -0.39 is 0 Å². The van der Waals surface area contributed by atoms with Crippen LogP contribution >= 0.6 is 27.3 Å². The predicted octanol–water partition coefficient (Wildman–Crippen LogP) is 3.73. The minimum absolute atomic E-state index is 0.135. The van der Waals surface area contributed by atoms with Crippen molar-refractivity contribution in [2.75, 3.05) is 5.33 Å². The van der Waals surface area contributed by atoms with Crippen LogP contribution in [-0.4, -0.2) is 9.90 Å². The average molecular weight is 314 g/mol. The van der Waals surface area contributed by atoms with Crippen molar-refractivity contribution < 1.29 is 0 Å². The lowest BCUT2D eigenvalue weighted by Crippen LogP contribution is -2.26. The van der Waals surface area contributed by atoms with Gasteiger partial charge in [0.05, 0.1) is 5.39 Å². The molecule has 1 atom stereocenters. The van der Waals surface area contributed by atoms with Crippen LogP contribution in [0.5, 0.6) is 0 Å². The Kier molecular flexibility index (Phi) is 4.05. The Labute approximate surface area is 113 Å². The monoisotopic (exact) mass is 313 g/mol. The first-order valence-corrected chi connectivity index (χ1v) is 7.76. The van der Waals surface area contributed by atoms with E-state index in [2.05, 4.69) is 29.8 Å². The molecular weight excluding hydrogens is 298 g/mol. The summed E-state index contributed by atoms with van der Waals surface area (Å²) in [4.78, 5) is 12.2. The molecule has 2 nitrogen and oxygen atoms in total. The van der Waals surface area contributed by atoms with E-state index in [1.54, 1.807) is 11.3 Å². The van der Waals surface area contributed by atoms with Crippen molar-refractivity contribution in [3.8, 4) is 0 Å². The van der Waals surface area contributed by atoms with E-state index >= 15 is 0 Å². The highest BCUT2D eigenvalue weighted by Crippen LogP contribution is 2.19. The smallest absolute Gasteiger partial charge is 0.259 e. The molecule has 0 spiro atoms. The molecule has 0 aliphatic carbocycles. The van der Waals surface area contributed by atoms with Crippen molar-refractivity contribution in [1.29, 1.82) is 0 Å². The van der Waals surface area contributed by atoms with E-state index in [1.165, 1.54) is 0 Å². The first kappa shape index (κ1) is 12.8. The summed E-state index contributed by atoms with van der Waals surface area (Å²) >= 11 is 5.15. The van der Waals surface area contributed by atoms with E-state index in [9.17, 15) is 4.79 Å². The molecule has 0 saturated heterocycles. The number of alkyl halides is 1. The van der Waals surface area contributed by atoms with Gasteiger partial charge in [-0.15, -0.1) is 11.3 Å². The van der Waals surface area contributed by atoms with Gasteiger partial charge in [-0.05, 0) is 29.3 Å². The maximum absolute atomic E-state index is 12.2. The van der Waals surface area contributed by atoms with Crippen molar-refractivity contribution in [3.63, 3.8) is 0 Å². The summed E-state index contributed by atoms with van der Waals surface area (Å²) in [5, 5.41) is 3.74. The molecule has 2 aromatic heterocycles. The predicted molar refractivity (Wildman–Crippen MR) is 78.2 cm³/mol. The molecule has 0 amide bonds. The highest BCUT2D eigenvalue weighted by Gasteiger charge is 2.14. The molecule has 0 bridgehead atoms. The van der Waals surface area contributed by atoms with Gasteiger partial charge in [0, 0.05) is 22.8 Å². The van der Waals surface area contributed by atoms with Crippen LogP contribution in [0.15, 0.2) is 28.5 Å². The molecule has 4 heteroatoms. The minimum atomic E-state index is 0.135. The van der Waals surface area contributed by atoms with Crippen LogP contribution in [0.1, 0.15) is 13.8 Å². The second kappa shape index (κ2) is 5.36. The summed E-state index contributed by atoms with van der Waals surface area (Å²) < 4.78 is 2.91. The van der Waals surface area contributed by atoms with Gasteiger partial charge in [0.1, 0.15) is 0 Å². The van der Waals surface area contributed by atoms with Crippen LogP contribution in [0.2, 0.25) is 0 Å². The zero-order valence-corrected chi connectivity index (χ0v) is 12.4. The van der Waals surface area contributed by atoms with Gasteiger partial charge in [-0.2, -0.15) is 0 Å². The zero-order chi connectivity index (χ0) is 12.4. The highest BCUT2D eigenvalue weighted by molar-refractivity contribution is 9.09. The molecule has 0 aliphatic rings. The van der Waals surface area contributed by atoms with E-state index in [1.807, 2.05) is 28.3 Å². The first-order valence-electron chi connectivity index (χ1n) is 5.76. The number of hydrogen-bond acceptors (Lipinski definition) is 2. The first-order chi connectivity index (χ1) is 8.13. The van der Waals surface area contributed by atoms with E-state index in [0.29, 0.717) is 11.8 Å². The standard InChI is InChI=1S/C13H16BrNOS/c1-9(2)10(7-14)8-15-5-3-12-11(13(15)16)4-6-17-12/h3-6,9-10H,7-8H2,1-2H3. The van der Waals surface area contributed by atoms with Crippen LogP contribution < -0.4 is 5.56 Å². The van der Waals surface area contributed by atoms with Gasteiger partial charge < -0.3 is 4.57 Å². The number of rotatable bonds is 4. The van der Waals surface area contributed by atoms with Gasteiger partial charge in [-0.3, -0.25) is 4.79 Å². The molecule has 0 radical (unpaired) electrons. The SMILES string of the molecule is CC(C)C(CBr)Cn1ccc2sccc2c1=O. The number of halogens is 1. The van der Waals surface area contributed by atoms with Gasteiger partial charge in [0.25, 0.3) is 5.56 Å². The Morgan fingerprint density at radius 1 is 1.41 bits per heavy atom. The quantitative estimate of drug-likeness (QED) is 0.788. The third-order valence-corrected chi connectivity index (χ3v) is 4.88.